The van der Waals surface area contributed by atoms with Gasteiger partial charge < -0.3 is 16.2 Å². The third-order valence-corrected chi connectivity index (χ3v) is 2.92. The fourth-order valence-corrected chi connectivity index (χ4v) is 1.50. The van der Waals surface area contributed by atoms with Gasteiger partial charge in [0.1, 0.15) is 11.5 Å². The van der Waals surface area contributed by atoms with Crippen LogP contribution in [0.1, 0.15) is 12.8 Å². The Kier molecular flexibility index (Phi) is 2.27. The van der Waals surface area contributed by atoms with Gasteiger partial charge in [0, 0.05) is 7.05 Å². The van der Waals surface area contributed by atoms with E-state index in [0.717, 1.165) is 17.4 Å². The number of anilines is 2. The van der Waals surface area contributed by atoms with Crippen molar-refractivity contribution in [1.82, 2.24) is 9.55 Å². The zero-order chi connectivity index (χ0) is 11.9. The minimum absolute atomic E-state index is 0.0608. The Morgan fingerprint density at radius 2 is 2.19 bits per heavy atom. The Bertz CT molecular complexity index is 527. The minimum Gasteiger partial charge on any atom is -0.394 e. The average molecular weight is 226 g/mol. The molecule has 1 aromatic rings. The van der Waals surface area contributed by atoms with Crippen LogP contribution in [0.15, 0.2) is 9.59 Å². The monoisotopic (exact) mass is 226 g/mol. The lowest BCUT2D eigenvalue weighted by molar-refractivity contribution is 0.266. The highest BCUT2D eigenvalue weighted by atomic mass is 16.3. The number of nitrogens with one attached hydrogen (secondary N) is 2. The highest BCUT2D eigenvalue weighted by Crippen LogP contribution is 2.38. The first-order valence-electron chi connectivity index (χ1n) is 4.97. The summed E-state index contributed by atoms with van der Waals surface area (Å²) in [5, 5.41) is 12.0. The van der Waals surface area contributed by atoms with Crippen LogP contribution in [0.3, 0.4) is 0 Å². The molecule has 88 valence electrons. The maximum atomic E-state index is 11.5. The van der Waals surface area contributed by atoms with E-state index in [2.05, 4.69) is 10.3 Å². The van der Waals surface area contributed by atoms with Gasteiger partial charge in [0.2, 0.25) is 0 Å². The molecular weight excluding hydrogens is 212 g/mol. The van der Waals surface area contributed by atoms with E-state index in [4.69, 9.17) is 10.8 Å². The van der Waals surface area contributed by atoms with Crippen molar-refractivity contribution in [2.24, 2.45) is 7.05 Å². The summed E-state index contributed by atoms with van der Waals surface area (Å²) >= 11 is 0. The van der Waals surface area contributed by atoms with Crippen molar-refractivity contribution in [2.45, 2.75) is 18.4 Å². The molecule has 0 amide bonds. The Hall–Kier alpha value is -1.76. The smallest absolute Gasteiger partial charge is 0.329 e. The average Bonchev–Trinajstić information content (AvgIpc) is 3.02. The van der Waals surface area contributed by atoms with Gasteiger partial charge in [-0.2, -0.15) is 0 Å². The van der Waals surface area contributed by atoms with E-state index in [-0.39, 0.29) is 18.1 Å². The number of H-pyrrole nitrogens is 1. The second-order valence-electron chi connectivity index (χ2n) is 4.14. The number of nitrogens with zero attached hydrogens (tertiary/aromatic N) is 1. The van der Waals surface area contributed by atoms with Crippen LogP contribution in [0, 0.1) is 0 Å². The van der Waals surface area contributed by atoms with Crippen LogP contribution < -0.4 is 22.3 Å². The molecule has 16 heavy (non-hydrogen) atoms. The van der Waals surface area contributed by atoms with Crippen molar-refractivity contribution < 1.29 is 5.11 Å². The summed E-state index contributed by atoms with van der Waals surface area (Å²) in [6.07, 6.45) is 1.57. The first kappa shape index (κ1) is 10.7. The van der Waals surface area contributed by atoms with Crippen LogP contribution in [0.25, 0.3) is 0 Å². The topological polar surface area (TPSA) is 113 Å². The molecule has 1 heterocycles. The van der Waals surface area contributed by atoms with E-state index in [1.807, 2.05) is 0 Å². The zero-order valence-corrected chi connectivity index (χ0v) is 8.91. The van der Waals surface area contributed by atoms with Crippen LogP contribution in [0.5, 0.6) is 0 Å². The number of aliphatic hydroxyl groups is 1. The summed E-state index contributed by atoms with van der Waals surface area (Å²) in [5.41, 5.74) is 4.26. The summed E-state index contributed by atoms with van der Waals surface area (Å²) < 4.78 is 1.15. The highest BCUT2D eigenvalue weighted by Gasteiger charge is 2.43. The zero-order valence-electron chi connectivity index (χ0n) is 8.91. The van der Waals surface area contributed by atoms with Crippen LogP contribution in [0.2, 0.25) is 0 Å². The first-order chi connectivity index (χ1) is 7.49. The Morgan fingerprint density at radius 1 is 1.56 bits per heavy atom. The molecule has 7 heteroatoms. The molecule has 1 aromatic heterocycles. The van der Waals surface area contributed by atoms with Gasteiger partial charge in [-0.1, -0.05) is 0 Å². The van der Waals surface area contributed by atoms with Crippen LogP contribution in [-0.2, 0) is 7.05 Å². The summed E-state index contributed by atoms with van der Waals surface area (Å²) in [6, 6.07) is 0. The second kappa shape index (κ2) is 3.38. The molecule has 5 N–H and O–H groups in total. The number of nitrogen functional groups attached to an aromatic ring is 1. The van der Waals surface area contributed by atoms with Crippen molar-refractivity contribution in [3.8, 4) is 0 Å². The molecule has 1 fully saturated rings. The summed E-state index contributed by atoms with van der Waals surface area (Å²) in [4.78, 5) is 24.9. The maximum absolute atomic E-state index is 11.5. The van der Waals surface area contributed by atoms with E-state index < -0.39 is 16.8 Å². The van der Waals surface area contributed by atoms with Crippen LogP contribution >= 0.6 is 0 Å². The van der Waals surface area contributed by atoms with Gasteiger partial charge in [0.05, 0.1) is 12.1 Å². The molecule has 2 rings (SSSR count). The number of aromatic amines is 1. The van der Waals surface area contributed by atoms with Gasteiger partial charge in [0.15, 0.2) is 0 Å². The minimum atomic E-state index is -0.555. The van der Waals surface area contributed by atoms with E-state index >= 15 is 0 Å². The lowest BCUT2D eigenvalue weighted by atomic mass is 10.2. The van der Waals surface area contributed by atoms with E-state index in [1.165, 1.54) is 7.05 Å². The lowest BCUT2D eigenvalue weighted by Gasteiger charge is -2.17. The van der Waals surface area contributed by atoms with Crippen molar-refractivity contribution in [3.63, 3.8) is 0 Å². The van der Waals surface area contributed by atoms with Crippen molar-refractivity contribution in [1.29, 1.82) is 0 Å². The molecule has 1 aliphatic rings. The first-order valence-corrected chi connectivity index (χ1v) is 4.97. The van der Waals surface area contributed by atoms with Gasteiger partial charge in [0.25, 0.3) is 5.56 Å². The molecule has 1 aliphatic carbocycles. The van der Waals surface area contributed by atoms with Gasteiger partial charge >= 0.3 is 5.69 Å². The maximum Gasteiger partial charge on any atom is 0.329 e. The predicted octanol–water partition coefficient (Wildman–Crippen LogP) is -1.41. The summed E-state index contributed by atoms with van der Waals surface area (Å²) in [5.74, 6) is 0.0773. The molecule has 0 radical (unpaired) electrons. The molecule has 0 aromatic carbocycles. The Morgan fingerprint density at radius 3 is 2.69 bits per heavy atom. The molecule has 0 bridgehead atoms. The Balaban J connectivity index is 2.45. The molecule has 7 nitrogen and oxygen atoms in total. The molecule has 1 saturated carbocycles. The lowest BCUT2D eigenvalue weighted by Crippen LogP contribution is -2.36. The van der Waals surface area contributed by atoms with Gasteiger partial charge in [-0.25, -0.2) is 4.79 Å². The number of rotatable bonds is 3. The molecule has 0 saturated heterocycles. The summed E-state index contributed by atoms with van der Waals surface area (Å²) in [6.45, 7) is -0.0608. The number of hydrogen-bond donors (Lipinski definition) is 4. The van der Waals surface area contributed by atoms with Crippen molar-refractivity contribution in [2.75, 3.05) is 17.7 Å². The normalized spacial score (nSPS) is 17.1. The van der Waals surface area contributed by atoms with E-state index in [1.54, 1.807) is 0 Å². The highest BCUT2D eigenvalue weighted by molar-refractivity contribution is 5.62. The fraction of sp³-hybridized carbons (Fsp3) is 0.556. The SMILES string of the molecule is Cn1c(N)c(NC2(CO)CC2)c(=O)[nH]c1=O. The number of aromatic nitrogens is 2. The second-order valence-corrected chi connectivity index (χ2v) is 4.14. The van der Waals surface area contributed by atoms with Gasteiger partial charge in [-0.05, 0) is 12.8 Å². The fourth-order valence-electron chi connectivity index (χ4n) is 1.50. The van der Waals surface area contributed by atoms with Gasteiger partial charge in [-0.15, -0.1) is 0 Å². The van der Waals surface area contributed by atoms with Crippen LogP contribution in [-0.4, -0.2) is 26.8 Å². The van der Waals surface area contributed by atoms with E-state index in [0.29, 0.717) is 0 Å². The third kappa shape index (κ3) is 1.58. The van der Waals surface area contributed by atoms with Crippen molar-refractivity contribution >= 4 is 11.5 Å². The van der Waals surface area contributed by atoms with Crippen molar-refractivity contribution in [3.05, 3.63) is 20.8 Å². The molecule has 0 aliphatic heterocycles. The standard InChI is InChI=1S/C9H14N4O3/c1-13-6(10)5(7(15)11-8(13)16)12-9(4-14)2-3-9/h12,14H,2-4,10H2,1H3,(H,11,15,16). The van der Waals surface area contributed by atoms with Crippen LogP contribution in [0.4, 0.5) is 11.5 Å². The number of nitrogens with two attached hydrogens (primary N) is 1. The number of aliphatic hydroxyl groups excluding tert-OH is 1. The molecular formula is C9H14N4O3. The predicted molar refractivity (Wildman–Crippen MR) is 59.4 cm³/mol. The van der Waals surface area contributed by atoms with E-state index in [9.17, 15) is 9.59 Å². The van der Waals surface area contributed by atoms with Gasteiger partial charge in [-0.3, -0.25) is 14.3 Å². The largest absolute Gasteiger partial charge is 0.394 e. The quantitative estimate of drug-likeness (QED) is 0.506. The molecule has 0 spiro atoms. The summed E-state index contributed by atoms with van der Waals surface area (Å²) in [7, 11) is 1.47. The Labute approximate surface area is 90.9 Å². The molecule has 0 atom stereocenters. The third-order valence-electron chi connectivity index (χ3n) is 2.92. The molecule has 0 unspecified atom stereocenters. The number of hydrogen-bond acceptors (Lipinski definition) is 5.